The smallest absolute Gasteiger partial charge is 0.293 e. The first kappa shape index (κ1) is 17.2. The highest BCUT2D eigenvalue weighted by Crippen LogP contribution is 2.31. The molecule has 1 fully saturated rings. The maximum Gasteiger partial charge on any atom is 0.293 e. The van der Waals surface area contributed by atoms with Crippen LogP contribution in [0.2, 0.25) is 0 Å². The number of piperidine rings is 1. The van der Waals surface area contributed by atoms with Gasteiger partial charge in [-0.25, -0.2) is 0 Å². The molecule has 23 heavy (non-hydrogen) atoms. The fraction of sp³-hybridized carbons (Fsp3) is 0.588. The van der Waals surface area contributed by atoms with Crippen molar-refractivity contribution in [2.24, 2.45) is 0 Å². The van der Waals surface area contributed by atoms with Crippen molar-refractivity contribution in [3.63, 3.8) is 0 Å². The summed E-state index contributed by atoms with van der Waals surface area (Å²) in [5.41, 5.74) is 0.982. The minimum atomic E-state index is -0.393. The van der Waals surface area contributed by atoms with Gasteiger partial charge in [0.2, 0.25) is 0 Å². The maximum absolute atomic E-state index is 12.2. The van der Waals surface area contributed by atoms with Crippen molar-refractivity contribution < 1.29 is 9.72 Å². The molecule has 0 bridgehead atoms. The van der Waals surface area contributed by atoms with E-state index in [0.717, 1.165) is 38.8 Å². The number of nitro groups is 1. The third kappa shape index (κ3) is 4.43. The molecule has 6 heteroatoms. The Morgan fingerprint density at radius 3 is 2.65 bits per heavy atom. The average molecular weight is 319 g/mol. The van der Waals surface area contributed by atoms with Crippen molar-refractivity contribution in [3.05, 3.63) is 33.9 Å². The molecular formula is C17H25N3O3. The van der Waals surface area contributed by atoms with E-state index in [1.54, 1.807) is 12.1 Å². The predicted molar refractivity (Wildman–Crippen MR) is 91.0 cm³/mol. The van der Waals surface area contributed by atoms with Gasteiger partial charge in [0.05, 0.1) is 4.92 Å². The first-order valence-electron chi connectivity index (χ1n) is 8.37. The van der Waals surface area contributed by atoms with Gasteiger partial charge in [-0.15, -0.1) is 0 Å². The van der Waals surface area contributed by atoms with Crippen LogP contribution in [0, 0.1) is 10.1 Å². The molecule has 1 amide bonds. The second-order valence-electron chi connectivity index (χ2n) is 6.17. The number of rotatable bonds is 6. The highest BCUT2D eigenvalue weighted by atomic mass is 16.6. The van der Waals surface area contributed by atoms with Gasteiger partial charge in [-0.3, -0.25) is 14.9 Å². The Labute approximate surface area is 137 Å². The van der Waals surface area contributed by atoms with Gasteiger partial charge in [0.1, 0.15) is 5.69 Å². The molecule has 1 N–H and O–H groups in total. The molecular weight excluding hydrogens is 294 g/mol. The van der Waals surface area contributed by atoms with Crippen LogP contribution < -0.4 is 10.2 Å². The average Bonchev–Trinajstić information content (AvgIpc) is 2.55. The molecule has 1 aromatic carbocycles. The summed E-state index contributed by atoms with van der Waals surface area (Å²) in [6.07, 6.45) is 5.14. The summed E-state index contributed by atoms with van der Waals surface area (Å²) >= 11 is 0. The van der Waals surface area contributed by atoms with Crippen LogP contribution in [0.4, 0.5) is 11.4 Å². The van der Waals surface area contributed by atoms with Gasteiger partial charge in [-0.1, -0.05) is 13.3 Å². The van der Waals surface area contributed by atoms with Crippen LogP contribution in [0.1, 0.15) is 56.3 Å². The molecule has 126 valence electrons. The highest BCUT2D eigenvalue weighted by molar-refractivity contribution is 5.96. The van der Waals surface area contributed by atoms with Crippen LogP contribution in [0.3, 0.4) is 0 Å². The molecule has 0 aliphatic carbocycles. The first-order chi connectivity index (χ1) is 11.0. The van der Waals surface area contributed by atoms with E-state index >= 15 is 0 Å². The van der Waals surface area contributed by atoms with Crippen molar-refractivity contribution in [1.82, 2.24) is 5.32 Å². The first-order valence-corrected chi connectivity index (χ1v) is 8.37. The van der Waals surface area contributed by atoms with E-state index < -0.39 is 4.92 Å². The normalized spacial score (nSPS) is 16.0. The Bertz CT molecular complexity index is 568. The number of carbonyl (C=O) groups is 1. The van der Waals surface area contributed by atoms with Gasteiger partial charge in [0.25, 0.3) is 11.6 Å². The largest absolute Gasteiger partial charge is 0.366 e. The van der Waals surface area contributed by atoms with Crippen molar-refractivity contribution in [3.8, 4) is 0 Å². The van der Waals surface area contributed by atoms with E-state index in [4.69, 9.17) is 0 Å². The summed E-state index contributed by atoms with van der Waals surface area (Å²) in [6, 6.07) is 4.86. The molecule has 0 spiro atoms. The van der Waals surface area contributed by atoms with E-state index in [1.165, 1.54) is 12.5 Å². The zero-order valence-electron chi connectivity index (χ0n) is 13.9. The van der Waals surface area contributed by atoms with Crippen molar-refractivity contribution in [2.45, 2.75) is 52.0 Å². The molecule has 1 aliphatic heterocycles. The number of hydrogen-bond acceptors (Lipinski definition) is 4. The number of hydrogen-bond donors (Lipinski definition) is 1. The summed E-state index contributed by atoms with van der Waals surface area (Å²) in [6.45, 7) is 5.67. The third-order valence-electron chi connectivity index (χ3n) is 4.23. The standard InChI is InChI=1S/C17H25N3O3/c1-3-7-13(2)18-17(21)14-8-9-15(16(12-14)20(22)23)19-10-5-4-6-11-19/h8-9,12-13H,3-7,10-11H2,1-2H3,(H,18,21)/t13-/m1/s1. The van der Waals surface area contributed by atoms with Gasteiger partial charge in [0.15, 0.2) is 0 Å². The molecule has 1 atom stereocenters. The molecule has 0 aromatic heterocycles. The molecule has 0 radical (unpaired) electrons. The van der Waals surface area contributed by atoms with Crippen LogP contribution in [0.5, 0.6) is 0 Å². The van der Waals surface area contributed by atoms with Gasteiger partial charge in [0, 0.05) is 30.8 Å². The number of amides is 1. The highest BCUT2D eigenvalue weighted by Gasteiger charge is 2.23. The molecule has 1 saturated heterocycles. The molecule has 1 heterocycles. The van der Waals surface area contributed by atoms with Crippen LogP contribution in [-0.2, 0) is 0 Å². The van der Waals surface area contributed by atoms with E-state index in [1.807, 2.05) is 11.8 Å². The number of nitrogens with one attached hydrogen (secondary N) is 1. The second-order valence-corrected chi connectivity index (χ2v) is 6.17. The number of anilines is 1. The maximum atomic E-state index is 12.2. The third-order valence-corrected chi connectivity index (χ3v) is 4.23. The van der Waals surface area contributed by atoms with Crippen molar-refractivity contribution in [2.75, 3.05) is 18.0 Å². The monoisotopic (exact) mass is 319 g/mol. The second kappa shape index (κ2) is 7.94. The predicted octanol–water partition coefficient (Wildman–Crippen LogP) is 3.50. The van der Waals surface area contributed by atoms with Crippen LogP contribution in [0.25, 0.3) is 0 Å². The van der Waals surface area contributed by atoms with E-state index in [0.29, 0.717) is 11.3 Å². The molecule has 1 aliphatic rings. The van der Waals surface area contributed by atoms with Gasteiger partial charge < -0.3 is 10.2 Å². The van der Waals surface area contributed by atoms with Crippen LogP contribution in [0.15, 0.2) is 18.2 Å². The Balaban J connectivity index is 2.21. The molecule has 0 saturated carbocycles. The van der Waals surface area contributed by atoms with Crippen molar-refractivity contribution >= 4 is 17.3 Å². The van der Waals surface area contributed by atoms with Crippen molar-refractivity contribution in [1.29, 1.82) is 0 Å². The van der Waals surface area contributed by atoms with E-state index in [2.05, 4.69) is 12.2 Å². The number of carbonyl (C=O) groups excluding carboxylic acids is 1. The molecule has 0 unspecified atom stereocenters. The fourth-order valence-corrected chi connectivity index (χ4v) is 3.03. The quantitative estimate of drug-likeness (QED) is 0.643. The zero-order valence-corrected chi connectivity index (χ0v) is 13.9. The van der Waals surface area contributed by atoms with Crippen LogP contribution in [-0.4, -0.2) is 30.0 Å². The van der Waals surface area contributed by atoms with E-state index in [-0.39, 0.29) is 17.6 Å². The van der Waals surface area contributed by atoms with Gasteiger partial charge >= 0.3 is 0 Å². The summed E-state index contributed by atoms with van der Waals surface area (Å²) < 4.78 is 0. The van der Waals surface area contributed by atoms with Gasteiger partial charge in [-0.05, 0) is 44.7 Å². The fourth-order valence-electron chi connectivity index (χ4n) is 3.03. The number of nitro benzene ring substituents is 1. The SMILES string of the molecule is CCC[C@@H](C)NC(=O)c1ccc(N2CCCCC2)c([N+](=O)[O-])c1. The molecule has 1 aromatic rings. The lowest BCUT2D eigenvalue weighted by molar-refractivity contribution is -0.384. The Hall–Kier alpha value is -2.11. The minimum Gasteiger partial charge on any atom is -0.366 e. The molecule has 6 nitrogen and oxygen atoms in total. The van der Waals surface area contributed by atoms with E-state index in [9.17, 15) is 14.9 Å². The summed E-state index contributed by atoms with van der Waals surface area (Å²) in [4.78, 5) is 25.3. The number of nitrogens with zero attached hydrogens (tertiary/aromatic N) is 2. The Morgan fingerprint density at radius 1 is 1.35 bits per heavy atom. The zero-order chi connectivity index (χ0) is 16.8. The minimum absolute atomic E-state index is 0.0164. The topological polar surface area (TPSA) is 75.5 Å². The Kier molecular flexibility index (Phi) is 5.96. The number of benzene rings is 1. The lowest BCUT2D eigenvalue weighted by Crippen LogP contribution is -2.33. The lowest BCUT2D eigenvalue weighted by atomic mass is 10.1. The van der Waals surface area contributed by atoms with Crippen LogP contribution >= 0.6 is 0 Å². The molecule has 2 rings (SSSR count). The summed E-state index contributed by atoms with van der Waals surface area (Å²) in [7, 11) is 0. The Morgan fingerprint density at radius 2 is 2.04 bits per heavy atom. The lowest BCUT2D eigenvalue weighted by Gasteiger charge is -2.28. The summed E-state index contributed by atoms with van der Waals surface area (Å²) in [5.74, 6) is -0.251. The summed E-state index contributed by atoms with van der Waals surface area (Å²) in [5, 5.41) is 14.3. The van der Waals surface area contributed by atoms with Gasteiger partial charge in [-0.2, -0.15) is 0 Å².